The van der Waals surface area contributed by atoms with Gasteiger partial charge in [0.15, 0.2) is 0 Å². The molecule has 0 spiro atoms. The number of nitro benzene ring substituents is 1. The van der Waals surface area contributed by atoms with Gasteiger partial charge in [-0.1, -0.05) is 64.7 Å². The van der Waals surface area contributed by atoms with E-state index in [1.54, 1.807) is 12.1 Å². The average molecular weight is 337 g/mol. The second-order valence-electron chi connectivity index (χ2n) is 6.24. The van der Waals surface area contributed by atoms with Gasteiger partial charge in [-0.05, 0) is 18.6 Å². The van der Waals surface area contributed by atoms with Crippen molar-refractivity contribution < 1.29 is 14.8 Å². The average Bonchev–Trinajstić information content (AvgIpc) is 2.59. The smallest absolute Gasteiger partial charge is 0.275 e. The molecule has 5 nitrogen and oxygen atoms in total. The molecule has 5 heteroatoms. The summed E-state index contributed by atoms with van der Waals surface area (Å²) in [4.78, 5) is 10.3. The minimum Gasteiger partial charge on any atom is -0.494 e. The number of nitrogens with zero attached hydrogens (tertiary/aromatic N) is 1. The van der Waals surface area contributed by atoms with E-state index >= 15 is 0 Å². The normalized spacial score (nSPS) is 10.8. The van der Waals surface area contributed by atoms with E-state index in [9.17, 15) is 15.2 Å². The van der Waals surface area contributed by atoms with E-state index in [4.69, 9.17) is 4.74 Å². The van der Waals surface area contributed by atoms with Crippen molar-refractivity contribution in [2.75, 3.05) is 6.61 Å². The Labute approximate surface area is 145 Å². The van der Waals surface area contributed by atoms with Crippen LogP contribution in [0.5, 0.6) is 5.75 Å². The van der Waals surface area contributed by atoms with Gasteiger partial charge in [0.2, 0.25) is 0 Å². The first-order valence-corrected chi connectivity index (χ1v) is 9.20. The number of ether oxygens (including phenoxy) is 1. The molecule has 1 N–H and O–H groups in total. The predicted octanol–water partition coefficient (Wildman–Crippen LogP) is 5.39. The maximum absolute atomic E-state index is 10.8. The fraction of sp³-hybridized carbons (Fsp3) is 0.684. The van der Waals surface area contributed by atoms with Crippen LogP contribution < -0.4 is 4.74 Å². The quantitative estimate of drug-likeness (QED) is 0.281. The first-order chi connectivity index (χ1) is 11.7. The van der Waals surface area contributed by atoms with Crippen LogP contribution in [-0.4, -0.2) is 16.6 Å². The van der Waals surface area contributed by atoms with Crippen LogP contribution in [-0.2, 0) is 6.61 Å². The molecule has 0 aliphatic rings. The van der Waals surface area contributed by atoms with Crippen molar-refractivity contribution >= 4 is 5.69 Å². The number of aliphatic hydroxyl groups is 1. The predicted molar refractivity (Wildman–Crippen MR) is 96.4 cm³/mol. The summed E-state index contributed by atoms with van der Waals surface area (Å²) in [6, 6.07) is 4.53. The molecule has 0 heterocycles. The lowest BCUT2D eigenvalue weighted by Crippen LogP contribution is -2.00. The first kappa shape index (κ1) is 20.4. The fourth-order valence-electron chi connectivity index (χ4n) is 2.74. The van der Waals surface area contributed by atoms with Gasteiger partial charge in [-0.2, -0.15) is 0 Å². The van der Waals surface area contributed by atoms with E-state index < -0.39 is 4.92 Å². The second kappa shape index (κ2) is 12.8. The first-order valence-electron chi connectivity index (χ1n) is 9.20. The highest BCUT2D eigenvalue weighted by Crippen LogP contribution is 2.24. The molecule has 0 amide bonds. The minimum absolute atomic E-state index is 0.0659. The third-order valence-electron chi connectivity index (χ3n) is 4.18. The maximum atomic E-state index is 10.8. The van der Waals surface area contributed by atoms with Crippen LogP contribution >= 0.6 is 0 Å². The molecule has 0 aliphatic heterocycles. The molecular weight excluding hydrogens is 306 g/mol. The van der Waals surface area contributed by atoms with Gasteiger partial charge in [0.05, 0.1) is 23.7 Å². The van der Waals surface area contributed by atoms with Gasteiger partial charge < -0.3 is 9.84 Å². The number of hydrogen-bond acceptors (Lipinski definition) is 4. The van der Waals surface area contributed by atoms with Gasteiger partial charge in [-0.25, -0.2) is 0 Å². The van der Waals surface area contributed by atoms with Crippen molar-refractivity contribution in [1.29, 1.82) is 0 Å². The summed E-state index contributed by atoms with van der Waals surface area (Å²) in [6.07, 6.45) is 12.7. The summed E-state index contributed by atoms with van der Waals surface area (Å²) < 4.78 is 5.62. The molecule has 24 heavy (non-hydrogen) atoms. The Hall–Kier alpha value is -1.62. The molecule has 0 atom stereocenters. The van der Waals surface area contributed by atoms with Crippen LogP contribution in [0.4, 0.5) is 5.69 Å². The summed E-state index contributed by atoms with van der Waals surface area (Å²) in [5.74, 6) is 0.584. The third-order valence-corrected chi connectivity index (χ3v) is 4.18. The van der Waals surface area contributed by atoms with E-state index in [0.29, 0.717) is 17.9 Å². The fourth-order valence-corrected chi connectivity index (χ4v) is 2.74. The van der Waals surface area contributed by atoms with Gasteiger partial charge in [0.25, 0.3) is 5.69 Å². The van der Waals surface area contributed by atoms with E-state index in [-0.39, 0.29) is 12.3 Å². The van der Waals surface area contributed by atoms with Crippen LogP contribution in [0, 0.1) is 10.1 Å². The van der Waals surface area contributed by atoms with Gasteiger partial charge in [0.1, 0.15) is 5.75 Å². The summed E-state index contributed by atoms with van der Waals surface area (Å²) in [5.41, 5.74) is 0.226. The van der Waals surface area contributed by atoms with Gasteiger partial charge >= 0.3 is 0 Å². The number of benzene rings is 1. The zero-order valence-electron chi connectivity index (χ0n) is 14.8. The van der Waals surface area contributed by atoms with Gasteiger partial charge in [-0.15, -0.1) is 0 Å². The number of rotatable bonds is 14. The Balaban J connectivity index is 2.10. The monoisotopic (exact) mass is 337 g/mol. The maximum Gasteiger partial charge on any atom is 0.275 e. The molecule has 0 radical (unpaired) electrons. The zero-order valence-corrected chi connectivity index (χ0v) is 14.8. The molecule has 0 aromatic heterocycles. The molecule has 136 valence electrons. The van der Waals surface area contributed by atoms with Crippen molar-refractivity contribution in [2.45, 2.75) is 77.7 Å². The summed E-state index contributed by atoms with van der Waals surface area (Å²) in [6.45, 7) is 2.49. The highest BCUT2D eigenvalue weighted by atomic mass is 16.6. The topological polar surface area (TPSA) is 72.6 Å². The lowest BCUT2D eigenvalue weighted by Gasteiger charge is -2.08. The standard InChI is InChI=1S/C19H31NO4/c1-2-3-4-5-6-7-8-9-10-11-14-24-18-12-13-19(20(22)23)17(15-18)16-21/h12-13,15,21H,2-11,14,16H2,1H3. The Kier molecular flexibility index (Phi) is 10.9. The summed E-state index contributed by atoms with van der Waals surface area (Å²) >= 11 is 0. The van der Waals surface area contributed by atoms with Gasteiger partial charge in [0, 0.05) is 6.07 Å². The molecule has 1 aromatic rings. The Morgan fingerprint density at radius 2 is 1.58 bits per heavy atom. The van der Waals surface area contributed by atoms with Crippen molar-refractivity contribution in [2.24, 2.45) is 0 Å². The molecule has 0 aliphatic carbocycles. The van der Waals surface area contributed by atoms with Crippen LogP contribution in [0.3, 0.4) is 0 Å². The summed E-state index contributed by atoms with van der Waals surface area (Å²) in [5, 5.41) is 20.0. The van der Waals surface area contributed by atoms with Crippen LogP contribution in [0.15, 0.2) is 18.2 Å². The van der Waals surface area contributed by atoms with E-state index in [1.807, 2.05) is 0 Å². The molecule has 0 bridgehead atoms. The van der Waals surface area contributed by atoms with Crippen molar-refractivity contribution in [3.05, 3.63) is 33.9 Å². The molecule has 0 saturated heterocycles. The Morgan fingerprint density at radius 1 is 1.00 bits per heavy atom. The Bertz CT molecular complexity index is 476. The molecular formula is C19H31NO4. The van der Waals surface area contributed by atoms with Crippen LogP contribution in [0.25, 0.3) is 0 Å². The van der Waals surface area contributed by atoms with Gasteiger partial charge in [-0.3, -0.25) is 10.1 Å². The highest BCUT2D eigenvalue weighted by Gasteiger charge is 2.13. The number of aliphatic hydroxyl groups excluding tert-OH is 1. The SMILES string of the molecule is CCCCCCCCCCCCOc1ccc([N+](=O)[O-])c(CO)c1. The van der Waals surface area contributed by atoms with Crippen molar-refractivity contribution in [3.8, 4) is 5.75 Å². The van der Waals surface area contributed by atoms with E-state index in [1.165, 1.54) is 57.4 Å². The van der Waals surface area contributed by atoms with Crippen molar-refractivity contribution in [3.63, 3.8) is 0 Å². The van der Waals surface area contributed by atoms with E-state index in [2.05, 4.69) is 6.92 Å². The highest BCUT2D eigenvalue weighted by molar-refractivity contribution is 5.44. The Morgan fingerprint density at radius 3 is 2.12 bits per heavy atom. The van der Waals surface area contributed by atoms with Crippen molar-refractivity contribution in [1.82, 2.24) is 0 Å². The number of nitro groups is 1. The second-order valence-corrected chi connectivity index (χ2v) is 6.24. The van der Waals surface area contributed by atoms with Crippen LogP contribution in [0.1, 0.15) is 76.7 Å². The largest absolute Gasteiger partial charge is 0.494 e. The molecule has 1 aromatic carbocycles. The zero-order chi connectivity index (χ0) is 17.6. The summed E-state index contributed by atoms with van der Waals surface area (Å²) in [7, 11) is 0. The molecule has 0 unspecified atom stereocenters. The third kappa shape index (κ3) is 8.29. The number of unbranched alkanes of at least 4 members (excludes halogenated alkanes) is 9. The molecule has 0 fully saturated rings. The minimum atomic E-state index is -0.489. The van der Waals surface area contributed by atoms with Crippen LogP contribution in [0.2, 0.25) is 0 Å². The molecule has 0 saturated carbocycles. The molecule has 1 rings (SSSR count). The lowest BCUT2D eigenvalue weighted by molar-refractivity contribution is -0.385. The lowest BCUT2D eigenvalue weighted by atomic mass is 10.1. The number of hydrogen-bond donors (Lipinski definition) is 1. The van der Waals surface area contributed by atoms with E-state index in [0.717, 1.165) is 12.8 Å².